The fraction of sp³-hybridized carbons (Fsp3) is 0.444. The molecule has 1 aromatic heterocycles. The summed E-state index contributed by atoms with van der Waals surface area (Å²) in [5.74, 6) is 0.412. The van der Waals surface area contributed by atoms with Crippen LogP contribution in [0.3, 0.4) is 0 Å². The third-order valence-corrected chi connectivity index (χ3v) is 5.43. The predicted octanol–water partition coefficient (Wildman–Crippen LogP) is 2.85. The monoisotopic (exact) mass is 369 g/mol. The van der Waals surface area contributed by atoms with E-state index < -0.39 is 0 Å². The molecule has 0 saturated heterocycles. The Hall–Kier alpha value is -2.66. The van der Waals surface area contributed by atoms with E-state index >= 15 is 0 Å². The number of benzene rings is 1. The van der Waals surface area contributed by atoms with Crippen LogP contribution in [0, 0.1) is 11.5 Å². The summed E-state index contributed by atoms with van der Waals surface area (Å²) in [6.07, 6.45) is 8.12. The maximum atomic E-state index is 8.68. The van der Waals surface area contributed by atoms with Crippen molar-refractivity contribution in [2.24, 2.45) is 17.0 Å². The van der Waals surface area contributed by atoms with Crippen LogP contribution in [-0.2, 0) is 7.05 Å². The smallest absolute Gasteiger partial charge is 0.208 e. The van der Waals surface area contributed by atoms with Gasteiger partial charge in [0, 0.05) is 25.3 Å². The number of rotatable bonds is 3. The molecule has 2 aromatic rings. The van der Waals surface area contributed by atoms with Crippen LogP contribution in [-0.4, -0.2) is 28.8 Å². The molecule has 1 heterocycles. The molecular formula is C18H23N7S. The van der Waals surface area contributed by atoms with E-state index in [-0.39, 0.29) is 0 Å². The minimum absolute atomic E-state index is 0.412. The summed E-state index contributed by atoms with van der Waals surface area (Å²) >= 11 is 1.62. The summed E-state index contributed by atoms with van der Waals surface area (Å²) < 4.78 is 1.87. The molecule has 0 bridgehead atoms. The molecule has 7 nitrogen and oxygen atoms in total. The zero-order valence-electron chi connectivity index (χ0n) is 15.1. The van der Waals surface area contributed by atoms with Gasteiger partial charge in [0.1, 0.15) is 5.01 Å². The van der Waals surface area contributed by atoms with Gasteiger partial charge in [0.15, 0.2) is 6.19 Å². The lowest BCUT2D eigenvalue weighted by atomic mass is 9.96. The van der Waals surface area contributed by atoms with Crippen LogP contribution in [0.4, 0.5) is 5.69 Å². The lowest BCUT2D eigenvalue weighted by Gasteiger charge is -2.16. The topological polar surface area (TPSA) is 90.4 Å². The van der Waals surface area contributed by atoms with Crippen LogP contribution < -0.4 is 15.4 Å². The highest BCUT2D eigenvalue weighted by Crippen LogP contribution is 2.23. The predicted molar refractivity (Wildman–Crippen MR) is 105 cm³/mol. The summed E-state index contributed by atoms with van der Waals surface area (Å²) in [6.45, 7) is 0. The van der Waals surface area contributed by atoms with Crippen LogP contribution in [0.1, 0.15) is 32.1 Å². The number of aliphatic imine (C=N–C) groups is 1. The van der Waals surface area contributed by atoms with Gasteiger partial charge in [-0.3, -0.25) is 15.3 Å². The molecule has 26 heavy (non-hydrogen) atoms. The van der Waals surface area contributed by atoms with E-state index in [2.05, 4.69) is 20.7 Å². The summed E-state index contributed by atoms with van der Waals surface area (Å²) in [5, 5.41) is 19.8. The van der Waals surface area contributed by atoms with Crippen molar-refractivity contribution in [3.8, 4) is 16.8 Å². The van der Waals surface area contributed by atoms with Crippen molar-refractivity contribution in [1.82, 2.24) is 15.1 Å². The molecule has 0 aliphatic heterocycles. The van der Waals surface area contributed by atoms with Gasteiger partial charge in [-0.15, -0.1) is 0 Å². The van der Waals surface area contributed by atoms with Crippen LogP contribution >= 0.6 is 11.3 Å². The first-order chi connectivity index (χ1) is 12.7. The fourth-order valence-electron chi connectivity index (χ4n) is 2.97. The van der Waals surface area contributed by atoms with Crippen molar-refractivity contribution in [1.29, 1.82) is 5.26 Å². The zero-order valence-corrected chi connectivity index (χ0v) is 15.9. The van der Waals surface area contributed by atoms with E-state index in [0.29, 0.717) is 12.0 Å². The number of hydrogen-bond donors (Lipinski definition) is 2. The minimum Gasteiger partial charge on any atom is -0.326 e. The van der Waals surface area contributed by atoms with Gasteiger partial charge in [0.25, 0.3) is 0 Å². The van der Waals surface area contributed by atoms with Gasteiger partial charge in [0.2, 0.25) is 10.8 Å². The number of guanidine groups is 1. The van der Waals surface area contributed by atoms with Crippen LogP contribution in [0.25, 0.3) is 10.6 Å². The molecular weight excluding hydrogens is 346 g/mol. The first-order valence-electron chi connectivity index (χ1n) is 8.77. The fourth-order valence-corrected chi connectivity index (χ4v) is 3.94. The largest absolute Gasteiger partial charge is 0.326 e. The average molecular weight is 369 g/mol. The van der Waals surface area contributed by atoms with Gasteiger partial charge in [0.05, 0.1) is 6.04 Å². The van der Waals surface area contributed by atoms with E-state index in [4.69, 9.17) is 10.3 Å². The quantitative estimate of drug-likeness (QED) is 0.377. The number of nitrogens with zero attached hydrogens (tertiary/aromatic N) is 5. The number of aryl methyl sites for hydroxylation is 1. The van der Waals surface area contributed by atoms with Crippen molar-refractivity contribution in [2.45, 2.75) is 38.1 Å². The average Bonchev–Trinajstić information content (AvgIpc) is 3.03. The van der Waals surface area contributed by atoms with Gasteiger partial charge < -0.3 is 5.32 Å². The SMILES string of the molecule is CN=C(NC#N)Nc1ccc(-c2nn(C)c(=NC3CCCCC3)s2)cc1. The molecule has 1 saturated carbocycles. The highest BCUT2D eigenvalue weighted by molar-refractivity contribution is 7.12. The number of nitrogens with one attached hydrogen (secondary N) is 2. The van der Waals surface area contributed by atoms with Gasteiger partial charge in [-0.25, -0.2) is 4.68 Å². The van der Waals surface area contributed by atoms with E-state index in [1.54, 1.807) is 18.4 Å². The second-order valence-corrected chi connectivity index (χ2v) is 7.20. The second-order valence-electron chi connectivity index (χ2n) is 6.25. The Labute approximate surface area is 157 Å². The maximum Gasteiger partial charge on any atom is 0.208 e. The molecule has 1 fully saturated rings. The third kappa shape index (κ3) is 4.49. The molecule has 0 atom stereocenters. The molecule has 0 radical (unpaired) electrons. The van der Waals surface area contributed by atoms with Gasteiger partial charge in [-0.2, -0.15) is 10.4 Å². The molecule has 8 heteroatoms. The van der Waals surface area contributed by atoms with Crippen LogP contribution in [0.5, 0.6) is 0 Å². The van der Waals surface area contributed by atoms with Crippen molar-refractivity contribution in [2.75, 3.05) is 12.4 Å². The summed E-state index contributed by atoms with van der Waals surface area (Å²) in [6, 6.07) is 8.34. The lowest BCUT2D eigenvalue weighted by Crippen LogP contribution is -2.26. The van der Waals surface area contributed by atoms with Crippen molar-refractivity contribution in [3.63, 3.8) is 0 Å². The number of nitriles is 1. The summed E-state index contributed by atoms with van der Waals surface area (Å²) in [7, 11) is 3.57. The molecule has 1 aromatic carbocycles. The maximum absolute atomic E-state index is 8.68. The van der Waals surface area contributed by atoms with Crippen LogP contribution in [0.15, 0.2) is 34.3 Å². The van der Waals surface area contributed by atoms with Gasteiger partial charge in [-0.05, 0) is 37.1 Å². The molecule has 0 amide bonds. The van der Waals surface area contributed by atoms with Gasteiger partial charge in [-0.1, -0.05) is 30.6 Å². The summed E-state index contributed by atoms with van der Waals surface area (Å²) in [5.41, 5.74) is 1.90. The second kappa shape index (κ2) is 8.63. The number of anilines is 1. The molecule has 1 aliphatic rings. The van der Waals surface area contributed by atoms with Crippen molar-refractivity contribution >= 4 is 23.0 Å². The molecule has 3 rings (SSSR count). The normalized spacial score (nSPS) is 16.3. The van der Waals surface area contributed by atoms with E-state index in [9.17, 15) is 0 Å². The summed E-state index contributed by atoms with van der Waals surface area (Å²) in [4.78, 5) is 9.85. The Morgan fingerprint density at radius 3 is 2.65 bits per heavy atom. The first kappa shape index (κ1) is 18.1. The molecule has 2 N–H and O–H groups in total. The molecule has 0 unspecified atom stereocenters. The van der Waals surface area contributed by atoms with E-state index in [0.717, 1.165) is 21.1 Å². The zero-order chi connectivity index (χ0) is 18.4. The van der Waals surface area contributed by atoms with E-state index in [1.807, 2.05) is 42.2 Å². The van der Waals surface area contributed by atoms with Crippen molar-refractivity contribution in [3.05, 3.63) is 29.1 Å². The van der Waals surface area contributed by atoms with E-state index in [1.165, 1.54) is 32.1 Å². The molecule has 1 aliphatic carbocycles. The standard InChI is InChI=1S/C18H23N7S/c1-20-17(21-12-19)22-15-10-8-13(9-11-15)16-24-25(2)18(26-16)23-14-6-4-3-5-7-14/h8-11,14H,3-7H2,1-2H3,(H2,20,21,22). The number of aromatic nitrogens is 2. The first-order valence-corrected chi connectivity index (χ1v) is 9.58. The number of hydrogen-bond acceptors (Lipinski definition) is 5. The Balaban J connectivity index is 1.76. The van der Waals surface area contributed by atoms with Crippen LogP contribution in [0.2, 0.25) is 0 Å². The highest BCUT2D eigenvalue weighted by atomic mass is 32.1. The Morgan fingerprint density at radius 2 is 2.00 bits per heavy atom. The third-order valence-electron chi connectivity index (χ3n) is 4.37. The Bertz CT molecular complexity index is 864. The Kier molecular flexibility index (Phi) is 6.02. The highest BCUT2D eigenvalue weighted by Gasteiger charge is 2.13. The molecule has 136 valence electrons. The van der Waals surface area contributed by atoms with Crippen molar-refractivity contribution < 1.29 is 0 Å². The molecule has 0 spiro atoms. The minimum atomic E-state index is 0.412. The van der Waals surface area contributed by atoms with Gasteiger partial charge >= 0.3 is 0 Å². The lowest BCUT2D eigenvalue weighted by molar-refractivity contribution is 0.434. The Morgan fingerprint density at radius 1 is 1.27 bits per heavy atom.